The lowest BCUT2D eigenvalue weighted by Crippen LogP contribution is -2.05. The molecule has 3 heterocycles. The van der Waals surface area contributed by atoms with E-state index in [0.29, 0.717) is 0 Å². The second-order valence-corrected chi connectivity index (χ2v) is 7.56. The molecule has 0 saturated carbocycles. The fourth-order valence-electron chi connectivity index (χ4n) is 1.96. The van der Waals surface area contributed by atoms with Gasteiger partial charge in [-0.15, -0.1) is 22.7 Å². The smallest absolute Gasteiger partial charge is 0.339 e. The molecule has 9 heteroatoms. The van der Waals surface area contributed by atoms with Gasteiger partial charge < -0.3 is 10.2 Å². The maximum absolute atomic E-state index is 11.6. The van der Waals surface area contributed by atoms with Gasteiger partial charge in [0.05, 0.1) is 0 Å². The van der Waals surface area contributed by atoms with Crippen molar-refractivity contribution in [1.82, 2.24) is 0 Å². The Hall–Kier alpha value is -2.62. The Morgan fingerprint density at radius 2 is 1.28 bits per heavy atom. The first-order chi connectivity index (χ1) is 12.1. The van der Waals surface area contributed by atoms with Crippen molar-refractivity contribution in [1.29, 1.82) is 0 Å². The van der Waals surface area contributed by atoms with Crippen LogP contribution in [0.3, 0.4) is 0 Å². The molecule has 6 nitrogen and oxygen atoms in total. The number of hydrogen-bond donors (Lipinski definition) is 2. The molecule has 0 aromatic carbocycles. The number of aromatic carboxylic acids is 2. The first-order valence-corrected chi connectivity index (χ1v) is 9.42. The van der Waals surface area contributed by atoms with Gasteiger partial charge in [-0.05, 0) is 22.9 Å². The number of carbonyl (C=O) groups is 2. The predicted molar refractivity (Wildman–Crippen MR) is 101 cm³/mol. The van der Waals surface area contributed by atoms with Gasteiger partial charge in [-0.3, -0.25) is 0 Å². The second-order valence-electron chi connectivity index (χ2n) is 4.62. The monoisotopic (exact) mass is 390 g/mol. The van der Waals surface area contributed by atoms with E-state index < -0.39 is 11.9 Å². The highest BCUT2D eigenvalue weighted by Crippen LogP contribution is 2.41. The predicted octanol–water partition coefficient (Wildman–Crippen LogP) is 4.77. The zero-order chi connectivity index (χ0) is 17.8. The summed E-state index contributed by atoms with van der Waals surface area (Å²) < 4.78 is 0. The topological polar surface area (TPSA) is 99.3 Å². The lowest BCUT2D eigenvalue weighted by atomic mass is 10.1. The number of nitrogens with zero attached hydrogens (tertiary/aromatic N) is 2. The van der Waals surface area contributed by atoms with Crippen LogP contribution in [0.5, 0.6) is 0 Å². The molecule has 3 aromatic heterocycles. The Labute approximate surface area is 154 Å². The highest BCUT2D eigenvalue weighted by Gasteiger charge is 2.27. The largest absolute Gasteiger partial charge is 0.478 e. The van der Waals surface area contributed by atoms with E-state index in [9.17, 15) is 19.8 Å². The molecule has 0 aliphatic rings. The number of carboxylic acid groups (broad SMARTS) is 2. The Bertz CT molecular complexity index is 877. The third-order valence-electron chi connectivity index (χ3n) is 3.00. The Kier molecular flexibility index (Phi) is 5.17. The summed E-state index contributed by atoms with van der Waals surface area (Å²) in [5.74, 6) is -2.69. The molecule has 0 radical (unpaired) electrons. The molecule has 0 fully saturated rings. The van der Waals surface area contributed by atoms with Crippen LogP contribution in [0, 0.1) is 0 Å². The van der Waals surface area contributed by atoms with Gasteiger partial charge in [0.15, 0.2) is 0 Å². The van der Waals surface area contributed by atoms with Crippen molar-refractivity contribution in [2.24, 2.45) is 9.98 Å². The van der Waals surface area contributed by atoms with E-state index in [4.69, 9.17) is 0 Å². The Morgan fingerprint density at radius 1 is 0.840 bits per heavy atom. The summed E-state index contributed by atoms with van der Waals surface area (Å²) in [5.41, 5.74) is -0.688. The highest BCUT2D eigenvalue weighted by atomic mass is 32.1. The summed E-state index contributed by atoms with van der Waals surface area (Å²) in [6, 6.07) is 7.35. The van der Waals surface area contributed by atoms with Crippen molar-refractivity contribution >= 4 is 68.4 Å². The first-order valence-electron chi connectivity index (χ1n) is 6.85. The minimum absolute atomic E-state index is 0.108. The minimum Gasteiger partial charge on any atom is -0.478 e. The zero-order valence-electron chi connectivity index (χ0n) is 12.4. The molecular weight excluding hydrogens is 380 g/mol. The summed E-state index contributed by atoms with van der Waals surface area (Å²) in [6.07, 6.45) is 3.03. The van der Waals surface area contributed by atoms with E-state index >= 15 is 0 Å². The van der Waals surface area contributed by atoms with E-state index in [1.165, 1.54) is 35.1 Å². The van der Waals surface area contributed by atoms with Gasteiger partial charge in [0.1, 0.15) is 21.1 Å². The molecule has 0 aliphatic heterocycles. The average molecular weight is 390 g/mol. The van der Waals surface area contributed by atoms with Gasteiger partial charge in [0.2, 0.25) is 0 Å². The summed E-state index contributed by atoms with van der Waals surface area (Å²) in [4.78, 5) is 33.2. The van der Waals surface area contributed by atoms with Gasteiger partial charge in [-0.1, -0.05) is 23.5 Å². The van der Waals surface area contributed by atoms with Crippen molar-refractivity contribution in [3.8, 4) is 0 Å². The van der Waals surface area contributed by atoms with E-state index in [1.54, 1.807) is 0 Å². The molecule has 126 valence electrons. The average Bonchev–Trinajstić information content (AvgIpc) is 3.30. The lowest BCUT2D eigenvalue weighted by Gasteiger charge is -1.96. The molecule has 0 bridgehead atoms. The fraction of sp³-hybridized carbons (Fsp3) is 0. The molecule has 0 amide bonds. The third kappa shape index (κ3) is 3.90. The lowest BCUT2D eigenvalue weighted by molar-refractivity contribution is 0.0654. The SMILES string of the molecule is O=C(O)c1c(N=Cc2cccs2)sc(N=Cc2cccs2)c1C(=O)O. The number of carboxylic acids is 2. The summed E-state index contributed by atoms with van der Waals surface area (Å²) >= 11 is 3.83. The van der Waals surface area contributed by atoms with Gasteiger partial charge >= 0.3 is 11.9 Å². The molecule has 2 N–H and O–H groups in total. The van der Waals surface area contributed by atoms with Crippen LogP contribution in [-0.2, 0) is 0 Å². The second kappa shape index (κ2) is 7.51. The van der Waals surface area contributed by atoms with Crippen molar-refractivity contribution in [3.63, 3.8) is 0 Å². The molecule has 3 rings (SSSR count). The maximum atomic E-state index is 11.6. The Morgan fingerprint density at radius 3 is 1.60 bits per heavy atom. The summed E-state index contributed by atoms with van der Waals surface area (Å²) in [5, 5.41) is 22.8. The van der Waals surface area contributed by atoms with Crippen LogP contribution in [-0.4, -0.2) is 34.6 Å². The van der Waals surface area contributed by atoms with Crippen LogP contribution >= 0.6 is 34.0 Å². The van der Waals surface area contributed by atoms with E-state index in [0.717, 1.165) is 21.1 Å². The van der Waals surface area contributed by atoms with Crippen LogP contribution in [0.1, 0.15) is 30.5 Å². The number of rotatable bonds is 6. The molecule has 0 aliphatic carbocycles. The Balaban J connectivity index is 2.06. The van der Waals surface area contributed by atoms with E-state index in [-0.39, 0.29) is 21.1 Å². The maximum Gasteiger partial charge on any atom is 0.339 e. The van der Waals surface area contributed by atoms with Gasteiger partial charge in [-0.2, -0.15) is 0 Å². The number of aliphatic imine (C=N–C) groups is 2. The molecule has 0 atom stereocenters. The van der Waals surface area contributed by atoms with Crippen LogP contribution in [0.25, 0.3) is 0 Å². The van der Waals surface area contributed by atoms with E-state index in [1.807, 2.05) is 35.0 Å². The molecule has 0 unspecified atom stereocenters. The summed E-state index contributed by atoms with van der Waals surface area (Å²) in [7, 11) is 0. The zero-order valence-corrected chi connectivity index (χ0v) is 14.9. The van der Waals surface area contributed by atoms with E-state index in [2.05, 4.69) is 9.98 Å². The minimum atomic E-state index is -1.34. The van der Waals surface area contributed by atoms with Gasteiger partial charge in [0, 0.05) is 22.2 Å². The molecule has 0 saturated heterocycles. The van der Waals surface area contributed by atoms with Crippen LogP contribution in [0.2, 0.25) is 0 Å². The highest BCUT2D eigenvalue weighted by molar-refractivity contribution is 7.20. The van der Waals surface area contributed by atoms with Crippen LogP contribution in [0.4, 0.5) is 10.0 Å². The molecule has 25 heavy (non-hydrogen) atoms. The number of hydrogen-bond acceptors (Lipinski definition) is 7. The van der Waals surface area contributed by atoms with Crippen molar-refractivity contribution in [3.05, 3.63) is 55.9 Å². The normalized spacial score (nSPS) is 11.5. The van der Waals surface area contributed by atoms with Crippen molar-refractivity contribution < 1.29 is 19.8 Å². The standard InChI is InChI=1S/C16H10N2O4S3/c19-15(20)11-12(16(21)22)14(18-8-10-4-2-6-24-10)25-13(11)17-7-9-3-1-5-23-9/h1-8H,(H,19,20)(H,21,22). The molecule has 0 spiro atoms. The fourth-order valence-corrected chi connectivity index (χ4v) is 4.11. The summed E-state index contributed by atoms with van der Waals surface area (Å²) in [6.45, 7) is 0. The van der Waals surface area contributed by atoms with Gasteiger partial charge in [0.25, 0.3) is 0 Å². The van der Waals surface area contributed by atoms with Gasteiger partial charge in [-0.25, -0.2) is 19.6 Å². The number of thiophene rings is 3. The van der Waals surface area contributed by atoms with Crippen LogP contribution in [0.15, 0.2) is 45.0 Å². The molecular formula is C16H10N2O4S3. The molecule has 3 aromatic rings. The quantitative estimate of drug-likeness (QED) is 0.592. The van der Waals surface area contributed by atoms with Crippen molar-refractivity contribution in [2.45, 2.75) is 0 Å². The van der Waals surface area contributed by atoms with Crippen LogP contribution < -0.4 is 0 Å². The first kappa shape index (κ1) is 17.2. The third-order valence-corrected chi connectivity index (χ3v) is 5.62. The van der Waals surface area contributed by atoms with Crippen molar-refractivity contribution in [2.75, 3.05) is 0 Å².